The third kappa shape index (κ3) is 4.41. The van der Waals surface area contributed by atoms with Gasteiger partial charge in [-0.15, -0.1) is 11.3 Å². The van der Waals surface area contributed by atoms with Crippen LogP contribution in [0, 0.1) is 12.7 Å². The molecular formula is C22H19FN4O3S. The zero-order valence-corrected chi connectivity index (χ0v) is 17.6. The van der Waals surface area contributed by atoms with Crippen molar-refractivity contribution >= 4 is 33.4 Å². The van der Waals surface area contributed by atoms with E-state index in [0.717, 1.165) is 21.6 Å². The van der Waals surface area contributed by atoms with E-state index in [1.807, 2.05) is 37.3 Å². The van der Waals surface area contributed by atoms with E-state index in [2.05, 4.69) is 16.0 Å². The quantitative estimate of drug-likeness (QED) is 0.465. The molecule has 2 N–H and O–H groups in total. The van der Waals surface area contributed by atoms with E-state index < -0.39 is 23.7 Å². The van der Waals surface area contributed by atoms with Gasteiger partial charge in [0.1, 0.15) is 16.4 Å². The van der Waals surface area contributed by atoms with Gasteiger partial charge in [-0.05, 0) is 56.3 Å². The van der Waals surface area contributed by atoms with Crippen LogP contribution >= 0.6 is 11.3 Å². The lowest BCUT2D eigenvalue weighted by Gasteiger charge is -2.14. The average molecular weight is 438 g/mol. The number of rotatable bonds is 5. The summed E-state index contributed by atoms with van der Waals surface area (Å²) in [7, 11) is 0. The lowest BCUT2D eigenvalue weighted by Crippen LogP contribution is -2.47. The number of hydrazine groups is 1. The summed E-state index contributed by atoms with van der Waals surface area (Å²) in [4.78, 5) is 26.1. The largest absolute Gasteiger partial charge is 0.481 e. The SMILES string of the molecule is Cc1nn(-c2ccccc2)c2sc(C(=O)NNC(=O)C(C)Oc3ccc(F)cc3)cc12. The number of aryl methyl sites for hydroxylation is 1. The van der Waals surface area contributed by atoms with Crippen LogP contribution in [0.5, 0.6) is 5.75 Å². The molecule has 4 rings (SSSR count). The second-order valence-electron chi connectivity index (χ2n) is 6.82. The predicted molar refractivity (Wildman–Crippen MR) is 116 cm³/mol. The number of hydrogen-bond acceptors (Lipinski definition) is 5. The molecule has 0 radical (unpaired) electrons. The van der Waals surface area contributed by atoms with Gasteiger partial charge in [0.2, 0.25) is 0 Å². The lowest BCUT2D eigenvalue weighted by molar-refractivity contribution is -0.128. The van der Waals surface area contributed by atoms with Crippen molar-refractivity contribution in [2.75, 3.05) is 0 Å². The van der Waals surface area contributed by atoms with E-state index in [9.17, 15) is 14.0 Å². The van der Waals surface area contributed by atoms with Gasteiger partial charge in [0.15, 0.2) is 6.10 Å². The van der Waals surface area contributed by atoms with E-state index in [1.54, 1.807) is 10.7 Å². The Morgan fingerprint density at radius 2 is 1.81 bits per heavy atom. The first-order valence-corrected chi connectivity index (χ1v) is 10.3. The zero-order chi connectivity index (χ0) is 22.0. The van der Waals surface area contributed by atoms with E-state index in [1.165, 1.54) is 42.5 Å². The Hall–Kier alpha value is -3.72. The molecule has 2 amide bonds. The minimum Gasteiger partial charge on any atom is -0.481 e. The number of para-hydroxylation sites is 1. The van der Waals surface area contributed by atoms with Gasteiger partial charge in [0.05, 0.1) is 16.3 Å². The van der Waals surface area contributed by atoms with Crippen LogP contribution < -0.4 is 15.6 Å². The molecule has 2 aromatic heterocycles. The van der Waals surface area contributed by atoms with Gasteiger partial charge in [-0.1, -0.05) is 18.2 Å². The number of carbonyl (C=O) groups excluding carboxylic acids is 2. The first-order chi connectivity index (χ1) is 14.9. The third-order valence-electron chi connectivity index (χ3n) is 4.56. The van der Waals surface area contributed by atoms with Gasteiger partial charge in [0, 0.05) is 5.39 Å². The number of fused-ring (bicyclic) bond motifs is 1. The van der Waals surface area contributed by atoms with Crippen molar-refractivity contribution in [1.82, 2.24) is 20.6 Å². The maximum Gasteiger partial charge on any atom is 0.279 e. The van der Waals surface area contributed by atoms with Crippen LogP contribution in [0.15, 0.2) is 60.7 Å². The molecule has 9 heteroatoms. The van der Waals surface area contributed by atoms with E-state index in [-0.39, 0.29) is 0 Å². The van der Waals surface area contributed by atoms with Crippen molar-refractivity contribution < 1.29 is 18.7 Å². The summed E-state index contributed by atoms with van der Waals surface area (Å²) in [6, 6.07) is 16.7. The van der Waals surface area contributed by atoms with Gasteiger partial charge < -0.3 is 4.74 Å². The number of halogens is 1. The summed E-state index contributed by atoms with van der Waals surface area (Å²) >= 11 is 1.28. The number of benzene rings is 2. The molecule has 4 aromatic rings. The van der Waals surface area contributed by atoms with Gasteiger partial charge in [-0.3, -0.25) is 20.4 Å². The molecule has 0 aliphatic rings. The van der Waals surface area contributed by atoms with Crippen molar-refractivity contribution in [3.05, 3.63) is 77.1 Å². The molecule has 0 spiro atoms. The summed E-state index contributed by atoms with van der Waals surface area (Å²) in [6.45, 7) is 3.41. The van der Waals surface area contributed by atoms with E-state index >= 15 is 0 Å². The Balaban J connectivity index is 1.42. The molecule has 0 bridgehead atoms. The number of carbonyl (C=O) groups is 2. The van der Waals surface area contributed by atoms with Gasteiger partial charge in [-0.2, -0.15) is 5.10 Å². The number of amides is 2. The first kappa shape index (κ1) is 20.5. The zero-order valence-electron chi connectivity index (χ0n) is 16.8. The molecule has 0 saturated heterocycles. The van der Waals surface area contributed by atoms with Crippen molar-refractivity contribution in [3.63, 3.8) is 0 Å². The summed E-state index contributed by atoms with van der Waals surface area (Å²) in [5.74, 6) is -1.03. The molecule has 0 aliphatic heterocycles. The number of hydrogen-bond donors (Lipinski definition) is 2. The highest BCUT2D eigenvalue weighted by atomic mass is 32.1. The molecule has 0 fully saturated rings. The van der Waals surface area contributed by atoms with Crippen LogP contribution in [0.4, 0.5) is 4.39 Å². The fourth-order valence-electron chi connectivity index (χ4n) is 2.96. The second kappa shape index (κ2) is 8.57. The van der Waals surface area contributed by atoms with Crippen LogP contribution in [0.1, 0.15) is 22.3 Å². The molecule has 1 atom stereocenters. The summed E-state index contributed by atoms with van der Waals surface area (Å²) in [5.41, 5.74) is 6.47. The molecule has 0 aliphatic carbocycles. The average Bonchev–Trinajstić information content (AvgIpc) is 3.34. The maximum absolute atomic E-state index is 13.0. The minimum atomic E-state index is -0.887. The third-order valence-corrected chi connectivity index (χ3v) is 5.67. The Labute approximate surface area is 181 Å². The van der Waals surface area contributed by atoms with Crippen LogP contribution in [-0.4, -0.2) is 27.7 Å². The fourth-order valence-corrected chi connectivity index (χ4v) is 4.03. The lowest BCUT2D eigenvalue weighted by atomic mass is 10.3. The van der Waals surface area contributed by atoms with E-state index in [4.69, 9.17) is 4.74 Å². The molecule has 0 saturated carbocycles. The van der Waals surface area contributed by atoms with Crippen molar-refractivity contribution in [2.24, 2.45) is 0 Å². The van der Waals surface area contributed by atoms with Gasteiger partial charge >= 0.3 is 0 Å². The molecule has 1 unspecified atom stereocenters. The highest BCUT2D eigenvalue weighted by molar-refractivity contribution is 7.20. The Kier molecular flexibility index (Phi) is 5.68. The summed E-state index contributed by atoms with van der Waals surface area (Å²) < 4.78 is 20.2. The number of thiophene rings is 1. The topological polar surface area (TPSA) is 85.3 Å². The number of nitrogens with zero attached hydrogens (tertiary/aromatic N) is 2. The van der Waals surface area contributed by atoms with Crippen LogP contribution in [0.2, 0.25) is 0 Å². The molecule has 158 valence electrons. The van der Waals surface area contributed by atoms with Crippen LogP contribution in [-0.2, 0) is 4.79 Å². The second-order valence-corrected chi connectivity index (χ2v) is 7.85. The highest BCUT2D eigenvalue weighted by Crippen LogP contribution is 2.30. The first-order valence-electron chi connectivity index (χ1n) is 9.49. The molecular weight excluding hydrogens is 419 g/mol. The number of nitrogens with one attached hydrogen (secondary N) is 2. The Morgan fingerprint density at radius 3 is 2.52 bits per heavy atom. The normalized spacial score (nSPS) is 11.8. The van der Waals surface area contributed by atoms with Crippen molar-refractivity contribution in [1.29, 1.82) is 0 Å². The predicted octanol–water partition coefficient (Wildman–Crippen LogP) is 3.76. The molecule has 2 heterocycles. The van der Waals surface area contributed by atoms with Crippen LogP contribution in [0.3, 0.4) is 0 Å². The summed E-state index contributed by atoms with van der Waals surface area (Å²) in [6.07, 6.45) is -0.887. The fraction of sp³-hybridized carbons (Fsp3) is 0.136. The smallest absolute Gasteiger partial charge is 0.279 e. The van der Waals surface area contributed by atoms with Gasteiger partial charge in [0.25, 0.3) is 11.8 Å². The van der Waals surface area contributed by atoms with E-state index in [0.29, 0.717) is 10.6 Å². The van der Waals surface area contributed by atoms with Crippen LogP contribution in [0.25, 0.3) is 15.9 Å². The summed E-state index contributed by atoms with van der Waals surface area (Å²) in [5, 5.41) is 5.42. The van der Waals surface area contributed by atoms with Gasteiger partial charge in [-0.25, -0.2) is 9.07 Å². The number of ether oxygens (including phenoxy) is 1. The Morgan fingerprint density at radius 1 is 1.10 bits per heavy atom. The number of aromatic nitrogens is 2. The highest BCUT2D eigenvalue weighted by Gasteiger charge is 2.19. The monoisotopic (exact) mass is 438 g/mol. The molecule has 7 nitrogen and oxygen atoms in total. The molecule has 2 aromatic carbocycles. The Bertz CT molecular complexity index is 1240. The molecule has 31 heavy (non-hydrogen) atoms. The minimum absolute atomic E-state index is 0.348. The van der Waals surface area contributed by atoms with Crippen molar-refractivity contribution in [3.8, 4) is 11.4 Å². The maximum atomic E-state index is 13.0. The standard InChI is InChI=1S/C22H19FN4O3S/c1-13-18-12-19(31-22(18)27(26-13)16-6-4-3-5-7-16)21(29)25-24-20(28)14(2)30-17-10-8-15(23)9-11-17/h3-12,14H,1-2H3,(H,24,28)(H,25,29). The van der Waals surface area contributed by atoms with Crippen molar-refractivity contribution in [2.45, 2.75) is 20.0 Å².